The van der Waals surface area contributed by atoms with Crippen LogP contribution in [0.1, 0.15) is 27.5 Å². The predicted octanol–water partition coefficient (Wildman–Crippen LogP) is 1.26. The fourth-order valence-electron chi connectivity index (χ4n) is 4.05. The molecule has 4 rings (SSSR count). The van der Waals surface area contributed by atoms with E-state index in [9.17, 15) is 4.79 Å². The smallest absolute Gasteiger partial charge is 0.268 e. The van der Waals surface area contributed by atoms with Crippen molar-refractivity contribution in [2.24, 2.45) is 13.0 Å². The lowest BCUT2D eigenvalue weighted by molar-refractivity contribution is 0.0907. The molecule has 1 amide bonds. The average molecular weight is 344 g/mol. The molecule has 0 aliphatic carbocycles. The van der Waals surface area contributed by atoms with E-state index in [2.05, 4.69) is 15.4 Å². The number of ether oxygens (including phenoxy) is 1. The molecule has 0 saturated carbocycles. The summed E-state index contributed by atoms with van der Waals surface area (Å²) in [6.45, 7) is 6.93. The molecule has 2 fully saturated rings. The van der Waals surface area contributed by atoms with E-state index in [1.807, 2.05) is 43.8 Å². The molecule has 2 aromatic heterocycles. The van der Waals surface area contributed by atoms with Gasteiger partial charge in [-0.3, -0.25) is 9.69 Å². The summed E-state index contributed by atoms with van der Waals surface area (Å²) in [5.41, 5.74) is 2.75. The second kappa shape index (κ2) is 6.31. The van der Waals surface area contributed by atoms with Crippen molar-refractivity contribution in [3.05, 3.63) is 41.0 Å². The minimum Gasteiger partial charge on any atom is -0.379 e. The molecule has 134 valence electrons. The molecule has 0 aromatic carbocycles. The number of carbonyl (C=O) groups is 1. The van der Waals surface area contributed by atoms with Crippen molar-refractivity contribution in [3.8, 4) is 0 Å². The lowest BCUT2D eigenvalue weighted by atomic mass is 9.99. The van der Waals surface area contributed by atoms with Crippen LogP contribution in [0.5, 0.6) is 0 Å². The van der Waals surface area contributed by atoms with E-state index in [0.29, 0.717) is 30.9 Å². The predicted molar refractivity (Wildman–Crippen MR) is 91.2 cm³/mol. The van der Waals surface area contributed by atoms with Gasteiger partial charge >= 0.3 is 0 Å². The summed E-state index contributed by atoms with van der Waals surface area (Å²) in [4.78, 5) is 15.0. The normalized spacial score (nSPS) is 26.1. The summed E-state index contributed by atoms with van der Waals surface area (Å²) in [5, 5.41) is 7.26. The van der Waals surface area contributed by atoms with Gasteiger partial charge in [0.2, 0.25) is 0 Å². The number of aryl methyl sites for hydroxylation is 3. The first kappa shape index (κ1) is 16.4. The number of hydrogen-bond acceptors (Lipinski definition) is 5. The van der Waals surface area contributed by atoms with E-state index in [0.717, 1.165) is 30.1 Å². The Bertz CT molecular complexity index is 762. The van der Waals surface area contributed by atoms with Crippen LogP contribution in [0.25, 0.3) is 0 Å². The fraction of sp³-hybridized carbons (Fsp3) is 0.556. The van der Waals surface area contributed by atoms with Gasteiger partial charge in [0.1, 0.15) is 11.5 Å². The number of fused-ring (bicyclic) bond motifs is 1. The molecule has 2 saturated heterocycles. The van der Waals surface area contributed by atoms with Crippen LogP contribution in [0, 0.1) is 19.8 Å². The third kappa shape index (κ3) is 2.87. The van der Waals surface area contributed by atoms with Gasteiger partial charge in [0, 0.05) is 49.9 Å². The molecular weight excluding hydrogens is 320 g/mol. The van der Waals surface area contributed by atoms with Crippen LogP contribution < -0.4 is 5.32 Å². The Morgan fingerprint density at radius 1 is 1.40 bits per heavy atom. The van der Waals surface area contributed by atoms with Gasteiger partial charge in [0.05, 0.1) is 18.9 Å². The third-order valence-electron chi connectivity index (χ3n) is 5.55. The Kier molecular flexibility index (Phi) is 4.13. The van der Waals surface area contributed by atoms with Gasteiger partial charge in [-0.1, -0.05) is 5.16 Å². The van der Waals surface area contributed by atoms with Crippen molar-refractivity contribution in [3.63, 3.8) is 0 Å². The second-order valence-electron chi connectivity index (χ2n) is 7.09. The topological polar surface area (TPSA) is 72.5 Å². The van der Waals surface area contributed by atoms with E-state index in [4.69, 9.17) is 9.26 Å². The van der Waals surface area contributed by atoms with Gasteiger partial charge < -0.3 is 19.1 Å². The standard InChI is InChI=1S/C18H24N4O3/c1-11-13(12(2)25-20-11)7-22-8-15(14-9-24-10-17(14)22)19-18(23)16-5-4-6-21(16)3/h4-6,14-15,17H,7-10H2,1-3H3,(H,19,23)/t14-,15-,17-/m1/s1. The number of nitrogens with zero attached hydrogens (tertiary/aromatic N) is 3. The molecule has 2 aliphatic rings. The van der Waals surface area contributed by atoms with Crippen molar-refractivity contribution in [2.75, 3.05) is 19.8 Å². The summed E-state index contributed by atoms with van der Waals surface area (Å²) in [7, 11) is 1.88. The zero-order valence-electron chi connectivity index (χ0n) is 14.9. The molecule has 7 heteroatoms. The molecule has 2 aromatic rings. The van der Waals surface area contributed by atoms with E-state index in [1.54, 1.807) is 0 Å². The van der Waals surface area contributed by atoms with Crippen LogP contribution in [0.3, 0.4) is 0 Å². The maximum atomic E-state index is 12.6. The Balaban J connectivity index is 1.49. The number of aromatic nitrogens is 2. The summed E-state index contributed by atoms with van der Waals surface area (Å²) < 4.78 is 12.8. The lowest BCUT2D eigenvalue weighted by Crippen LogP contribution is -2.42. The van der Waals surface area contributed by atoms with Crippen LogP contribution >= 0.6 is 0 Å². The van der Waals surface area contributed by atoms with Crippen LogP contribution in [-0.4, -0.2) is 52.4 Å². The molecule has 25 heavy (non-hydrogen) atoms. The average Bonchev–Trinajstić information content (AvgIpc) is 3.32. The number of rotatable bonds is 4. The zero-order valence-corrected chi connectivity index (χ0v) is 14.9. The molecular formula is C18H24N4O3. The molecule has 7 nitrogen and oxygen atoms in total. The largest absolute Gasteiger partial charge is 0.379 e. The molecule has 0 spiro atoms. The van der Waals surface area contributed by atoms with Crippen LogP contribution in [-0.2, 0) is 18.3 Å². The van der Waals surface area contributed by atoms with Crippen molar-refractivity contribution in [1.29, 1.82) is 0 Å². The SMILES string of the molecule is Cc1noc(C)c1CN1C[C@@H](NC(=O)c2cccn2C)[C@H]2COC[C@H]21. The number of nitrogens with one attached hydrogen (secondary N) is 1. The maximum absolute atomic E-state index is 12.6. The van der Waals surface area contributed by atoms with Gasteiger partial charge in [0.25, 0.3) is 5.91 Å². The van der Waals surface area contributed by atoms with E-state index in [1.165, 1.54) is 0 Å². The minimum atomic E-state index is -0.0256. The Morgan fingerprint density at radius 2 is 2.24 bits per heavy atom. The Labute approximate surface area is 146 Å². The number of carbonyl (C=O) groups excluding carboxylic acids is 1. The highest BCUT2D eigenvalue weighted by atomic mass is 16.5. The van der Waals surface area contributed by atoms with E-state index < -0.39 is 0 Å². The summed E-state index contributed by atoms with van der Waals surface area (Å²) >= 11 is 0. The lowest BCUT2D eigenvalue weighted by Gasteiger charge is -2.21. The van der Waals surface area contributed by atoms with Gasteiger partial charge in [0.15, 0.2) is 0 Å². The van der Waals surface area contributed by atoms with Gasteiger partial charge in [-0.05, 0) is 26.0 Å². The zero-order chi connectivity index (χ0) is 17.6. The highest BCUT2D eigenvalue weighted by Gasteiger charge is 2.46. The molecule has 0 radical (unpaired) electrons. The first-order valence-corrected chi connectivity index (χ1v) is 8.70. The Morgan fingerprint density at radius 3 is 2.92 bits per heavy atom. The third-order valence-corrected chi connectivity index (χ3v) is 5.55. The molecule has 2 aliphatic heterocycles. The molecule has 3 atom stereocenters. The molecule has 0 bridgehead atoms. The van der Waals surface area contributed by atoms with Crippen LogP contribution in [0.2, 0.25) is 0 Å². The van der Waals surface area contributed by atoms with Gasteiger partial charge in [-0.15, -0.1) is 0 Å². The van der Waals surface area contributed by atoms with Crippen LogP contribution in [0.15, 0.2) is 22.9 Å². The van der Waals surface area contributed by atoms with Gasteiger partial charge in [-0.25, -0.2) is 0 Å². The van der Waals surface area contributed by atoms with Crippen molar-refractivity contribution < 1.29 is 14.1 Å². The molecule has 4 heterocycles. The minimum absolute atomic E-state index is 0.0256. The first-order chi connectivity index (χ1) is 12.0. The Hall–Kier alpha value is -2.12. The van der Waals surface area contributed by atoms with Crippen molar-refractivity contribution in [1.82, 2.24) is 19.9 Å². The summed E-state index contributed by atoms with van der Waals surface area (Å²) in [5.74, 6) is 1.16. The van der Waals surface area contributed by atoms with Crippen molar-refractivity contribution >= 4 is 5.91 Å². The maximum Gasteiger partial charge on any atom is 0.268 e. The highest BCUT2D eigenvalue weighted by Crippen LogP contribution is 2.32. The molecule has 1 N–H and O–H groups in total. The highest BCUT2D eigenvalue weighted by molar-refractivity contribution is 5.93. The number of likely N-dealkylation sites (tertiary alicyclic amines) is 1. The van der Waals surface area contributed by atoms with E-state index >= 15 is 0 Å². The van der Waals surface area contributed by atoms with Crippen molar-refractivity contribution in [2.45, 2.75) is 32.5 Å². The first-order valence-electron chi connectivity index (χ1n) is 8.70. The van der Waals surface area contributed by atoms with Crippen LogP contribution in [0.4, 0.5) is 0 Å². The summed E-state index contributed by atoms with van der Waals surface area (Å²) in [6.07, 6.45) is 1.88. The number of hydrogen-bond donors (Lipinski definition) is 1. The number of amides is 1. The molecule has 0 unspecified atom stereocenters. The monoisotopic (exact) mass is 344 g/mol. The summed E-state index contributed by atoms with van der Waals surface area (Å²) in [6, 6.07) is 4.14. The second-order valence-corrected chi connectivity index (χ2v) is 7.09. The van der Waals surface area contributed by atoms with Gasteiger partial charge in [-0.2, -0.15) is 0 Å². The quantitative estimate of drug-likeness (QED) is 0.904. The van der Waals surface area contributed by atoms with E-state index in [-0.39, 0.29) is 11.9 Å². The fourth-order valence-corrected chi connectivity index (χ4v) is 4.05.